The molecule has 0 spiro atoms. The smallest absolute Gasteiger partial charge is 0.407 e. The molecule has 1 aliphatic heterocycles. The molecule has 0 unspecified atom stereocenters. The summed E-state index contributed by atoms with van der Waals surface area (Å²) in [4.78, 5) is 11.3. The fraction of sp³-hybridized carbons (Fsp3) is 0.267. The van der Waals surface area contributed by atoms with Gasteiger partial charge in [-0.25, -0.2) is 4.79 Å². The largest absolute Gasteiger partial charge is 0.496 e. The van der Waals surface area contributed by atoms with Crippen molar-refractivity contribution >= 4 is 16.9 Å². The van der Waals surface area contributed by atoms with Crippen molar-refractivity contribution < 1.29 is 14.3 Å². The Morgan fingerprint density at radius 3 is 2.74 bits per heavy atom. The molecule has 0 aromatic heterocycles. The summed E-state index contributed by atoms with van der Waals surface area (Å²) in [6.07, 6.45) is 0.429. The van der Waals surface area contributed by atoms with Crippen LogP contribution in [-0.4, -0.2) is 19.8 Å². The summed E-state index contributed by atoms with van der Waals surface area (Å²) < 4.78 is 10.3. The molecule has 1 N–H and O–H groups in total. The Balaban J connectivity index is 2.11. The van der Waals surface area contributed by atoms with Crippen LogP contribution in [0.25, 0.3) is 10.8 Å². The third kappa shape index (κ3) is 2.10. The third-order valence-corrected chi connectivity index (χ3v) is 3.44. The van der Waals surface area contributed by atoms with E-state index in [4.69, 9.17) is 9.47 Å². The zero-order chi connectivity index (χ0) is 13.2. The molecule has 4 heteroatoms. The van der Waals surface area contributed by atoms with Crippen molar-refractivity contribution in [3.05, 3.63) is 42.0 Å². The van der Waals surface area contributed by atoms with E-state index in [1.165, 1.54) is 0 Å². The minimum atomic E-state index is -0.351. The van der Waals surface area contributed by atoms with Crippen LogP contribution in [0.2, 0.25) is 0 Å². The number of cyclic esters (lactones) is 1. The van der Waals surface area contributed by atoms with Crippen molar-refractivity contribution in [1.82, 2.24) is 5.32 Å². The van der Waals surface area contributed by atoms with Crippen LogP contribution in [0.1, 0.15) is 18.0 Å². The number of hydrogen-bond donors (Lipinski definition) is 1. The molecule has 3 rings (SSSR count). The number of carbonyl (C=O) groups excluding carboxylic acids is 1. The van der Waals surface area contributed by atoms with Crippen molar-refractivity contribution in [3.8, 4) is 5.75 Å². The summed E-state index contributed by atoms with van der Waals surface area (Å²) in [6, 6.07) is 12.0. The van der Waals surface area contributed by atoms with Crippen molar-refractivity contribution in [2.45, 2.75) is 12.5 Å². The van der Waals surface area contributed by atoms with Gasteiger partial charge in [0.15, 0.2) is 0 Å². The summed E-state index contributed by atoms with van der Waals surface area (Å²) in [6.45, 7) is 0.455. The first kappa shape index (κ1) is 11.8. The van der Waals surface area contributed by atoms with Gasteiger partial charge in [-0.3, -0.25) is 0 Å². The lowest BCUT2D eigenvalue weighted by atomic mass is 9.96. The summed E-state index contributed by atoms with van der Waals surface area (Å²) in [5.41, 5.74) is 1.10. The van der Waals surface area contributed by atoms with Gasteiger partial charge in [0.25, 0.3) is 0 Å². The van der Waals surface area contributed by atoms with Crippen LogP contribution in [0.5, 0.6) is 5.75 Å². The molecule has 1 saturated heterocycles. The first-order valence-electron chi connectivity index (χ1n) is 6.28. The van der Waals surface area contributed by atoms with E-state index in [-0.39, 0.29) is 12.1 Å². The Labute approximate surface area is 111 Å². The highest BCUT2D eigenvalue weighted by molar-refractivity contribution is 5.91. The average Bonchev–Trinajstić information content (AvgIpc) is 2.46. The molecule has 4 nitrogen and oxygen atoms in total. The topological polar surface area (TPSA) is 47.6 Å². The van der Waals surface area contributed by atoms with Crippen LogP contribution in [0.15, 0.2) is 36.4 Å². The molecule has 1 aliphatic rings. The Morgan fingerprint density at radius 1 is 1.21 bits per heavy atom. The number of nitrogens with one attached hydrogen (secondary N) is 1. The minimum Gasteiger partial charge on any atom is -0.496 e. The van der Waals surface area contributed by atoms with Gasteiger partial charge in [0.05, 0.1) is 19.8 Å². The third-order valence-electron chi connectivity index (χ3n) is 3.44. The predicted molar refractivity (Wildman–Crippen MR) is 72.3 cm³/mol. The Bertz CT molecular complexity index is 624. The first-order valence-corrected chi connectivity index (χ1v) is 6.28. The molecular formula is C15H15NO3. The van der Waals surface area contributed by atoms with Crippen molar-refractivity contribution in [1.29, 1.82) is 0 Å². The number of fused-ring (bicyclic) bond motifs is 1. The molecule has 0 saturated carbocycles. The molecular weight excluding hydrogens is 242 g/mol. The van der Waals surface area contributed by atoms with Crippen LogP contribution >= 0.6 is 0 Å². The van der Waals surface area contributed by atoms with Crippen LogP contribution in [0.4, 0.5) is 4.79 Å². The summed E-state index contributed by atoms with van der Waals surface area (Å²) >= 11 is 0. The van der Waals surface area contributed by atoms with E-state index in [0.29, 0.717) is 6.61 Å². The second-order valence-corrected chi connectivity index (χ2v) is 4.52. The van der Waals surface area contributed by atoms with E-state index in [2.05, 4.69) is 11.4 Å². The Kier molecular flexibility index (Phi) is 2.99. The fourth-order valence-corrected chi connectivity index (χ4v) is 2.54. The van der Waals surface area contributed by atoms with Gasteiger partial charge in [-0.05, 0) is 17.0 Å². The van der Waals surface area contributed by atoms with Crippen LogP contribution < -0.4 is 10.1 Å². The highest BCUT2D eigenvalue weighted by atomic mass is 16.5. The van der Waals surface area contributed by atoms with Crippen LogP contribution in [-0.2, 0) is 4.74 Å². The lowest BCUT2D eigenvalue weighted by Crippen LogP contribution is -2.35. The first-order chi connectivity index (χ1) is 9.29. The van der Waals surface area contributed by atoms with Crippen LogP contribution in [0, 0.1) is 0 Å². The molecule has 1 amide bonds. The molecule has 19 heavy (non-hydrogen) atoms. The highest BCUT2D eigenvalue weighted by Crippen LogP contribution is 2.33. The maximum atomic E-state index is 11.3. The minimum absolute atomic E-state index is 0.00273. The molecule has 0 bridgehead atoms. The van der Waals surface area contributed by atoms with Gasteiger partial charge in [0, 0.05) is 11.8 Å². The number of amides is 1. The maximum absolute atomic E-state index is 11.3. The van der Waals surface area contributed by atoms with E-state index in [1.54, 1.807) is 7.11 Å². The molecule has 1 heterocycles. The Morgan fingerprint density at radius 2 is 2.00 bits per heavy atom. The van der Waals surface area contributed by atoms with Gasteiger partial charge in [-0.1, -0.05) is 30.3 Å². The number of benzene rings is 2. The number of alkyl carbamates (subject to hydrolysis) is 1. The van der Waals surface area contributed by atoms with Crippen molar-refractivity contribution in [2.75, 3.05) is 13.7 Å². The zero-order valence-electron chi connectivity index (χ0n) is 10.7. The molecule has 0 radical (unpaired) electrons. The molecule has 1 fully saturated rings. The van der Waals surface area contributed by atoms with E-state index in [1.807, 2.05) is 30.3 Å². The second kappa shape index (κ2) is 4.80. The van der Waals surface area contributed by atoms with E-state index >= 15 is 0 Å². The van der Waals surface area contributed by atoms with Gasteiger partial charge in [-0.2, -0.15) is 0 Å². The Hall–Kier alpha value is -2.23. The number of rotatable bonds is 2. The summed E-state index contributed by atoms with van der Waals surface area (Å²) in [5.74, 6) is 0.845. The van der Waals surface area contributed by atoms with Gasteiger partial charge < -0.3 is 14.8 Å². The SMILES string of the molecule is COc1ccc([C@@H]2CCOC(=O)N2)c2ccccc12. The summed E-state index contributed by atoms with van der Waals surface area (Å²) in [7, 11) is 1.66. The molecule has 2 aromatic rings. The number of carbonyl (C=O) groups is 1. The van der Waals surface area contributed by atoms with Crippen molar-refractivity contribution in [3.63, 3.8) is 0 Å². The molecule has 1 atom stereocenters. The lowest BCUT2D eigenvalue weighted by Gasteiger charge is -2.25. The maximum Gasteiger partial charge on any atom is 0.407 e. The predicted octanol–water partition coefficient (Wildman–Crippen LogP) is 3.02. The molecule has 0 aliphatic carbocycles. The van der Waals surface area contributed by atoms with Crippen LogP contribution in [0.3, 0.4) is 0 Å². The number of methoxy groups -OCH3 is 1. The number of ether oxygens (including phenoxy) is 2. The van der Waals surface area contributed by atoms with E-state index in [0.717, 1.165) is 28.5 Å². The van der Waals surface area contributed by atoms with Gasteiger partial charge in [-0.15, -0.1) is 0 Å². The quantitative estimate of drug-likeness (QED) is 0.899. The molecule has 98 valence electrons. The normalized spacial score (nSPS) is 18.8. The fourth-order valence-electron chi connectivity index (χ4n) is 2.54. The standard InChI is InChI=1S/C15H15NO3/c1-18-14-7-6-11(10-4-2-3-5-12(10)14)13-8-9-19-15(17)16-13/h2-7,13H,8-9H2,1H3,(H,16,17)/t13-/m0/s1. The van der Waals surface area contributed by atoms with Crippen molar-refractivity contribution in [2.24, 2.45) is 0 Å². The number of hydrogen-bond acceptors (Lipinski definition) is 3. The zero-order valence-corrected chi connectivity index (χ0v) is 10.7. The second-order valence-electron chi connectivity index (χ2n) is 4.52. The monoisotopic (exact) mass is 257 g/mol. The van der Waals surface area contributed by atoms with Gasteiger partial charge >= 0.3 is 6.09 Å². The van der Waals surface area contributed by atoms with E-state index in [9.17, 15) is 4.79 Å². The lowest BCUT2D eigenvalue weighted by molar-refractivity contribution is 0.115. The van der Waals surface area contributed by atoms with E-state index < -0.39 is 0 Å². The van der Waals surface area contributed by atoms with Gasteiger partial charge in [0.2, 0.25) is 0 Å². The molecule has 2 aromatic carbocycles. The average molecular weight is 257 g/mol. The highest BCUT2D eigenvalue weighted by Gasteiger charge is 2.22. The summed E-state index contributed by atoms with van der Waals surface area (Å²) in [5, 5.41) is 5.02. The van der Waals surface area contributed by atoms with Gasteiger partial charge in [0.1, 0.15) is 5.75 Å².